The predicted molar refractivity (Wildman–Crippen MR) is 81.9 cm³/mol. The third-order valence-corrected chi connectivity index (χ3v) is 3.57. The number of methoxy groups -OCH3 is 1. The Morgan fingerprint density at radius 3 is 2.32 bits per heavy atom. The molecule has 0 saturated carbocycles. The van der Waals surface area contributed by atoms with Crippen LogP contribution in [0.1, 0.15) is 11.3 Å². The molecule has 0 aliphatic rings. The fourth-order valence-corrected chi connectivity index (χ4v) is 2.57. The van der Waals surface area contributed by atoms with Crippen molar-refractivity contribution < 1.29 is 9.26 Å². The maximum atomic E-state index is 9.07. The van der Waals surface area contributed by atoms with Crippen molar-refractivity contribution in [1.29, 1.82) is 10.5 Å². The van der Waals surface area contributed by atoms with Gasteiger partial charge < -0.3 is 9.26 Å². The van der Waals surface area contributed by atoms with Crippen molar-refractivity contribution in [2.45, 2.75) is 6.92 Å². The summed E-state index contributed by atoms with van der Waals surface area (Å²) in [5.41, 5.74) is 0.934. The van der Waals surface area contributed by atoms with Crippen LogP contribution in [0, 0.1) is 29.6 Å². The van der Waals surface area contributed by atoms with Gasteiger partial charge in [-0.05, 0) is 19.1 Å². The third-order valence-electron chi connectivity index (χ3n) is 2.94. The highest BCUT2D eigenvalue weighted by Crippen LogP contribution is 2.39. The van der Waals surface area contributed by atoms with Gasteiger partial charge in [-0.15, -0.1) is 0 Å². The average molecular weight is 334 g/mol. The van der Waals surface area contributed by atoms with Gasteiger partial charge in [0.15, 0.2) is 11.3 Å². The zero-order valence-corrected chi connectivity index (χ0v) is 13.2. The van der Waals surface area contributed by atoms with E-state index in [1.54, 1.807) is 37.3 Å². The van der Waals surface area contributed by atoms with Crippen LogP contribution in [0.3, 0.4) is 0 Å². The molecule has 0 bridgehead atoms. The highest BCUT2D eigenvalue weighted by molar-refractivity contribution is 6.39. The van der Waals surface area contributed by atoms with Crippen LogP contribution in [0.25, 0.3) is 17.0 Å². The van der Waals surface area contributed by atoms with Crippen molar-refractivity contribution >= 4 is 29.0 Å². The Morgan fingerprint density at radius 2 is 1.82 bits per heavy atom. The van der Waals surface area contributed by atoms with Crippen LogP contribution < -0.4 is 0 Å². The fraction of sp³-hybridized carbons (Fsp3) is 0.133. The highest BCUT2D eigenvalue weighted by Gasteiger charge is 2.25. The molecule has 110 valence electrons. The topological polar surface area (TPSA) is 82.8 Å². The van der Waals surface area contributed by atoms with Crippen molar-refractivity contribution in [1.82, 2.24) is 5.16 Å². The van der Waals surface area contributed by atoms with Gasteiger partial charge in [-0.3, -0.25) is 0 Å². The molecule has 0 unspecified atom stereocenters. The zero-order valence-electron chi connectivity index (χ0n) is 11.6. The Bertz CT molecular complexity index is 805. The maximum absolute atomic E-state index is 9.07. The number of benzene rings is 1. The van der Waals surface area contributed by atoms with Crippen LogP contribution in [0.15, 0.2) is 28.3 Å². The second-order valence-electron chi connectivity index (χ2n) is 4.19. The quantitative estimate of drug-likeness (QED) is 0.615. The molecule has 2 aromatic rings. The van der Waals surface area contributed by atoms with E-state index in [4.69, 9.17) is 43.0 Å². The Morgan fingerprint density at radius 1 is 1.23 bits per heavy atom. The summed E-state index contributed by atoms with van der Waals surface area (Å²) in [6, 6.07) is 8.58. The van der Waals surface area contributed by atoms with E-state index in [0.29, 0.717) is 32.6 Å². The summed E-state index contributed by atoms with van der Waals surface area (Å²) in [5, 5.41) is 22.8. The van der Waals surface area contributed by atoms with Crippen LogP contribution in [-0.2, 0) is 4.74 Å². The minimum Gasteiger partial charge on any atom is -0.494 e. The van der Waals surface area contributed by atoms with Gasteiger partial charge in [0.2, 0.25) is 0 Å². The number of allylic oxidation sites excluding steroid dienone is 1. The van der Waals surface area contributed by atoms with Crippen molar-refractivity contribution in [2.24, 2.45) is 0 Å². The smallest absolute Gasteiger partial charge is 0.172 e. The molecular formula is C15H9Cl2N3O2. The van der Waals surface area contributed by atoms with E-state index >= 15 is 0 Å². The highest BCUT2D eigenvalue weighted by atomic mass is 35.5. The van der Waals surface area contributed by atoms with E-state index in [1.165, 1.54) is 7.11 Å². The van der Waals surface area contributed by atoms with E-state index in [9.17, 15) is 0 Å². The summed E-state index contributed by atoms with van der Waals surface area (Å²) < 4.78 is 10.4. The number of rotatable bonds is 3. The summed E-state index contributed by atoms with van der Waals surface area (Å²) in [6.45, 7) is 1.64. The van der Waals surface area contributed by atoms with Crippen molar-refractivity contribution in [3.63, 3.8) is 0 Å². The van der Waals surface area contributed by atoms with E-state index in [0.717, 1.165) is 0 Å². The summed E-state index contributed by atoms with van der Waals surface area (Å²) >= 11 is 12.4. The molecule has 1 heterocycles. The normalized spacial score (nSPS) is 9.73. The minimum absolute atomic E-state index is 0.0646. The van der Waals surface area contributed by atoms with Crippen LogP contribution in [-0.4, -0.2) is 12.3 Å². The van der Waals surface area contributed by atoms with Crippen LogP contribution in [0.2, 0.25) is 10.0 Å². The van der Waals surface area contributed by atoms with E-state index in [-0.39, 0.29) is 11.3 Å². The molecule has 1 aromatic carbocycles. The van der Waals surface area contributed by atoms with Gasteiger partial charge in [-0.25, -0.2) is 0 Å². The summed E-state index contributed by atoms with van der Waals surface area (Å²) in [6.07, 6.45) is 0. The van der Waals surface area contributed by atoms with Gasteiger partial charge in [-0.2, -0.15) is 10.5 Å². The Labute approximate surface area is 136 Å². The Kier molecular flexibility index (Phi) is 4.72. The van der Waals surface area contributed by atoms with Gasteiger partial charge >= 0.3 is 0 Å². The summed E-state index contributed by atoms with van der Waals surface area (Å²) in [7, 11) is 1.36. The molecule has 0 N–H and O–H groups in total. The molecule has 0 amide bonds. The maximum Gasteiger partial charge on any atom is 0.172 e. The number of halogens is 2. The number of aryl methyl sites for hydroxylation is 1. The Hall–Kier alpha value is -2.47. The number of aromatic nitrogens is 1. The molecule has 0 fully saturated rings. The number of ether oxygens (including phenoxy) is 1. The zero-order chi connectivity index (χ0) is 16.3. The molecule has 0 atom stereocenters. The molecule has 2 rings (SSSR count). The molecule has 0 spiro atoms. The first-order valence-electron chi connectivity index (χ1n) is 6.04. The largest absolute Gasteiger partial charge is 0.494 e. The number of nitriles is 2. The molecule has 22 heavy (non-hydrogen) atoms. The molecule has 0 aliphatic carbocycles. The third kappa shape index (κ3) is 2.65. The predicted octanol–water partition coefficient (Wildman–Crippen LogP) is 4.36. The first kappa shape index (κ1) is 15.9. The minimum atomic E-state index is -0.196. The van der Waals surface area contributed by atoms with Gasteiger partial charge in [0.25, 0.3) is 0 Å². The van der Waals surface area contributed by atoms with Crippen molar-refractivity contribution in [3.05, 3.63) is 45.1 Å². The van der Waals surface area contributed by atoms with E-state index < -0.39 is 0 Å². The molecule has 0 aliphatic heterocycles. The lowest BCUT2D eigenvalue weighted by Crippen LogP contribution is -1.96. The van der Waals surface area contributed by atoms with Gasteiger partial charge in [0, 0.05) is 5.56 Å². The van der Waals surface area contributed by atoms with Crippen LogP contribution >= 0.6 is 23.2 Å². The fourth-order valence-electron chi connectivity index (χ4n) is 1.99. The number of nitrogens with zero attached hydrogens (tertiary/aromatic N) is 3. The van der Waals surface area contributed by atoms with Gasteiger partial charge in [-0.1, -0.05) is 34.4 Å². The lowest BCUT2D eigenvalue weighted by atomic mass is 10.0. The first-order chi connectivity index (χ1) is 10.5. The standard InChI is InChI=1S/C15H9Cl2N3O2/c1-8-12(15(21-2)9(6-18)7-19)14(20-22-8)13-10(16)4-3-5-11(13)17/h3-5H,1-2H3. The molecular weight excluding hydrogens is 325 g/mol. The lowest BCUT2D eigenvalue weighted by molar-refractivity contribution is 0.365. The first-order valence-corrected chi connectivity index (χ1v) is 6.80. The molecule has 1 aromatic heterocycles. The van der Waals surface area contributed by atoms with Crippen LogP contribution in [0.5, 0.6) is 0 Å². The average Bonchev–Trinajstić information content (AvgIpc) is 2.86. The summed E-state index contributed by atoms with van der Waals surface area (Å²) in [4.78, 5) is 0. The van der Waals surface area contributed by atoms with Crippen LogP contribution in [0.4, 0.5) is 0 Å². The second kappa shape index (κ2) is 6.53. The molecule has 5 nitrogen and oxygen atoms in total. The number of hydrogen-bond donors (Lipinski definition) is 0. The SMILES string of the molecule is COC(=C(C#N)C#N)c1c(-c2c(Cl)cccc2Cl)noc1C. The van der Waals surface area contributed by atoms with Crippen molar-refractivity contribution in [3.8, 4) is 23.4 Å². The van der Waals surface area contributed by atoms with E-state index in [1.807, 2.05) is 0 Å². The molecule has 7 heteroatoms. The van der Waals surface area contributed by atoms with Crippen molar-refractivity contribution in [2.75, 3.05) is 7.11 Å². The van der Waals surface area contributed by atoms with Gasteiger partial charge in [0.1, 0.15) is 23.6 Å². The lowest BCUT2D eigenvalue weighted by Gasteiger charge is -2.09. The summed E-state index contributed by atoms with van der Waals surface area (Å²) in [5.74, 6) is 0.445. The Balaban J connectivity index is 2.83. The van der Waals surface area contributed by atoms with E-state index in [2.05, 4.69) is 5.16 Å². The molecule has 0 radical (unpaired) electrons. The number of hydrogen-bond acceptors (Lipinski definition) is 5. The van der Waals surface area contributed by atoms with Gasteiger partial charge in [0.05, 0.1) is 22.7 Å². The monoisotopic (exact) mass is 333 g/mol. The second-order valence-corrected chi connectivity index (χ2v) is 5.01. The molecule has 0 saturated heterocycles.